The fourth-order valence-electron chi connectivity index (χ4n) is 6.27. The summed E-state index contributed by atoms with van der Waals surface area (Å²) in [6.45, 7) is 8.29. The number of hydrogen-bond donors (Lipinski definition) is 2. The molecular formula is C34H46ClN3O10. The number of alkyl carbamates (subject to hydrolysis) is 1. The summed E-state index contributed by atoms with van der Waals surface area (Å²) in [5.41, 5.74) is -0.871. The number of amides is 3. The van der Waals surface area contributed by atoms with Crippen molar-refractivity contribution in [2.24, 2.45) is 5.92 Å². The number of anilines is 1. The molecule has 1 aromatic carbocycles. The number of likely N-dealkylation sites (N-methyl/N-ethyl adjacent to an activating group) is 1. The Kier molecular flexibility index (Phi) is 11.2. The maximum atomic E-state index is 14.0. The first-order chi connectivity index (χ1) is 22.4. The number of ether oxygens (including phenoxy) is 5. The number of methoxy groups -OCH3 is 2. The van der Waals surface area contributed by atoms with Crippen molar-refractivity contribution in [1.29, 1.82) is 0 Å². The minimum Gasteiger partial charge on any atom is -0.495 e. The van der Waals surface area contributed by atoms with E-state index >= 15 is 0 Å². The number of rotatable bonds is 5. The number of allylic oxidation sites excluding steroid dienone is 3. The summed E-state index contributed by atoms with van der Waals surface area (Å²) < 4.78 is 28.9. The Balaban J connectivity index is 1.80. The van der Waals surface area contributed by atoms with Gasteiger partial charge in [-0.1, -0.05) is 42.3 Å². The van der Waals surface area contributed by atoms with Crippen LogP contribution in [-0.2, 0) is 39.8 Å². The standard InChI is InChI=1S/C34H46ClN3O10/c1-18-11-10-12-26(45-9)34(43)17-25(46-32(42)36-34)19(2)30-33(5,48-30)27(47-31(41)20(3)37(6)21(4)39)16-28(40)38(7)23-14-22(13-18)15-24(44-8)29(23)35/h10-12,14-15,19-20,25-27,30,43H,13,16-17H2,1-9H3,(H,36,42)/b12-10+,18-11+/t19?,20-,25-,26+,27-,30?,33-,34-/m0/s1. The summed E-state index contributed by atoms with van der Waals surface area (Å²) in [6, 6.07) is 2.63. The van der Waals surface area contributed by atoms with Gasteiger partial charge in [0.05, 0.1) is 25.3 Å². The van der Waals surface area contributed by atoms with Crippen LogP contribution in [0, 0.1) is 5.92 Å². The molecule has 4 bridgehead atoms. The number of carbonyl (C=O) groups excluding carboxylic acids is 4. The molecule has 2 N–H and O–H groups in total. The molecule has 0 aromatic heterocycles. The molecule has 48 heavy (non-hydrogen) atoms. The molecule has 2 unspecified atom stereocenters. The molecule has 0 spiro atoms. The van der Waals surface area contributed by atoms with Gasteiger partial charge in [0.1, 0.15) is 40.7 Å². The lowest BCUT2D eigenvalue weighted by Gasteiger charge is -2.42. The molecule has 13 nitrogen and oxygen atoms in total. The summed E-state index contributed by atoms with van der Waals surface area (Å²) in [7, 11) is 5.97. The van der Waals surface area contributed by atoms with Crippen LogP contribution in [-0.4, -0.2) is 104 Å². The van der Waals surface area contributed by atoms with Gasteiger partial charge in [-0.3, -0.25) is 14.9 Å². The van der Waals surface area contributed by atoms with E-state index < -0.39 is 65.7 Å². The highest BCUT2D eigenvalue weighted by molar-refractivity contribution is 6.35. The van der Waals surface area contributed by atoms with Gasteiger partial charge in [0.25, 0.3) is 0 Å². The van der Waals surface area contributed by atoms with Crippen molar-refractivity contribution in [3.8, 4) is 5.75 Å². The lowest BCUT2D eigenvalue weighted by atomic mass is 9.83. The second-order valence-electron chi connectivity index (χ2n) is 13.0. The minimum atomic E-state index is -1.81. The molecule has 4 rings (SSSR count). The second-order valence-corrected chi connectivity index (χ2v) is 13.4. The zero-order chi connectivity index (χ0) is 35.7. The van der Waals surface area contributed by atoms with Crippen LogP contribution in [0.25, 0.3) is 0 Å². The number of halogens is 1. The third-order valence-electron chi connectivity index (χ3n) is 9.63. The highest BCUT2D eigenvalue weighted by atomic mass is 35.5. The number of hydrogen-bond acceptors (Lipinski definition) is 10. The smallest absolute Gasteiger partial charge is 0.409 e. The van der Waals surface area contributed by atoms with Crippen molar-refractivity contribution in [2.45, 2.75) is 95.7 Å². The quantitative estimate of drug-likeness (QED) is 0.346. The highest BCUT2D eigenvalue weighted by Gasteiger charge is 2.64. The van der Waals surface area contributed by atoms with E-state index in [1.165, 1.54) is 44.9 Å². The summed E-state index contributed by atoms with van der Waals surface area (Å²) in [4.78, 5) is 54.7. The predicted molar refractivity (Wildman–Crippen MR) is 177 cm³/mol. The number of benzene rings is 1. The maximum absolute atomic E-state index is 14.0. The predicted octanol–water partition coefficient (Wildman–Crippen LogP) is 3.53. The summed E-state index contributed by atoms with van der Waals surface area (Å²) >= 11 is 6.71. The summed E-state index contributed by atoms with van der Waals surface area (Å²) in [5.74, 6) is -1.63. The van der Waals surface area contributed by atoms with E-state index in [4.69, 9.17) is 35.3 Å². The van der Waals surface area contributed by atoms with Crippen LogP contribution in [0.5, 0.6) is 5.75 Å². The molecule has 3 heterocycles. The Bertz CT molecular complexity index is 1500. The van der Waals surface area contributed by atoms with Crippen molar-refractivity contribution in [3.05, 3.63) is 46.5 Å². The molecule has 14 heteroatoms. The van der Waals surface area contributed by atoms with Gasteiger partial charge in [0.15, 0.2) is 5.72 Å². The number of nitrogens with zero attached hydrogens (tertiary/aromatic N) is 2. The van der Waals surface area contributed by atoms with E-state index in [1.807, 2.05) is 13.0 Å². The number of fused-ring (bicyclic) bond motifs is 5. The van der Waals surface area contributed by atoms with Crippen molar-refractivity contribution in [2.75, 3.05) is 33.2 Å². The van der Waals surface area contributed by atoms with Crippen LogP contribution in [0.2, 0.25) is 5.02 Å². The van der Waals surface area contributed by atoms with Gasteiger partial charge in [-0.15, -0.1) is 0 Å². The zero-order valence-electron chi connectivity index (χ0n) is 28.9. The van der Waals surface area contributed by atoms with Crippen LogP contribution in [0.1, 0.15) is 53.0 Å². The van der Waals surface area contributed by atoms with Gasteiger partial charge in [0.2, 0.25) is 11.8 Å². The third kappa shape index (κ3) is 7.64. The highest BCUT2D eigenvalue weighted by Crippen LogP contribution is 2.49. The van der Waals surface area contributed by atoms with E-state index in [0.717, 1.165) is 11.1 Å². The second kappa shape index (κ2) is 14.5. The Morgan fingerprint density at radius 2 is 1.94 bits per heavy atom. The molecule has 264 valence electrons. The average Bonchev–Trinajstić information content (AvgIpc) is 3.73. The SMILES string of the molecule is COc1cc2cc(c1Cl)N(C)C(=O)C[C@H](OC(=O)[C@H](C)N(C)C(C)=O)[C@]1(C)OC1C(C)[C@@H]1C[C@@](O)(NC(=O)O1)[C@H](OC)/C=C/C=C(\C)C2. The van der Waals surface area contributed by atoms with Crippen LogP contribution >= 0.6 is 11.6 Å². The molecular weight excluding hydrogens is 646 g/mol. The summed E-state index contributed by atoms with van der Waals surface area (Å²) in [5, 5.41) is 14.4. The van der Waals surface area contributed by atoms with Gasteiger partial charge >= 0.3 is 12.1 Å². The number of nitrogens with one attached hydrogen (secondary N) is 1. The lowest BCUT2D eigenvalue weighted by molar-refractivity contribution is -0.161. The lowest BCUT2D eigenvalue weighted by Crippen LogP contribution is -2.63. The van der Waals surface area contributed by atoms with Crippen molar-refractivity contribution >= 4 is 41.2 Å². The normalized spacial score (nSPS) is 33.2. The van der Waals surface area contributed by atoms with E-state index in [1.54, 1.807) is 45.2 Å². The Morgan fingerprint density at radius 1 is 1.25 bits per heavy atom. The van der Waals surface area contributed by atoms with Gasteiger partial charge in [-0.2, -0.15) is 0 Å². The number of epoxide rings is 1. The van der Waals surface area contributed by atoms with Crippen LogP contribution in [0.3, 0.4) is 0 Å². The Morgan fingerprint density at radius 3 is 2.56 bits per heavy atom. The van der Waals surface area contributed by atoms with Crippen LogP contribution in [0.4, 0.5) is 10.5 Å². The topological polar surface area (TPSA) is 156 Å². The van der Waals surface area contributed by atoms with Crippen molar-refractivity contribution < 1.29 is 48.0 Å². The van der Waals surface area contributed by atoms with Crippen molar-refractivity contribution in [1.82, 2.24) is 10.2 Å². The summed E-state index contributed by atoms with van der Waals surface area (Å²) in [6.07, 6.45) is 1.02. The van der Waals surface area contributed by atoms with E-state index in [2.05, 4.69) is 5.32 Å². The third-order valence-corrected chi connectivity index (χ3v) is 10.0. The molecule has 2 saturated heterocycles. The molecule has 3 amide bonds. The van der Waals surface area contributed by atoms with E-state index in [9.17, 15) is 24.3 Å². The number of esters is 1. The molecule has 3 aliphatic rings. The largest absolute Gasteiger partial charge is 0.495 e. The average molecular weight is 692 g/mol. The van der Waals surface area contributed by atoms with E-state index in [0.29, 0.717) is 17.9 Å². The molecule has 3 aliphatic heterocycles. The van der Waals surface area contributed by atoms with Crippen LogP contribution in [0.15, 0.2) is 35.9 Å². The monoisotopic (exact) mass is 691 g/mol. The molecule has 0 saturated carbocycles. The molecule has 0 aliphatic carbocycles. The Labute approximate surface area is 286 Å². The first-order valence-corrected chi connectivity index (χ1v) is 16.2. The minimum absolute atomic E-state index is 0.0436. The molecule has 1 aromatic rings. The van der Waals surface area contributed by atoms with Crippen molar-refractivity contribution in [3.63, 3.8) is 0 Å². The van der Waals surface area contributed by atoms with Crippen LogP contribution < -0.4 is 15.0 Å². The number of carbonyl (C=O) groups is 4. The zero-order valence-corrected chi connectivity index (χ0v) is 29.6. The molecule has 0 radical (unpaired) electrons. The number of aliphatic hydroxyl groups is 1. The van der Waals surface area contributed by atoms with Gasteiger partial charge in [-0.05, 0) is 44.9 Å². The molecule has 8 atom stereocenters. The first-order valence-electron chi connectivity index (χ1n) is 15.8. The fourth-order valence-corrected chi connectivity index (χ4v) is 6.59. The van der Waals surface area contributed by atoms with Gasteiger partial charge < -0.3 is 38.6 Å². The first kappa shape index (κ1) is 37.2. The van der Waals surface area contributed by atoms with Gasteiger partial charge in [0, 0.05) is 40.5 Å². The van der Waals surface area contributed by atoms with Gasteiger partial charge in [-0.25, -0.2) is 9.59 Å². The fraction of sp³-hybridized carbons (Fsp3) is 0.588. The molecule has 2 fully saturated rings. The van der Waals surface area contributed by atoms with E-state index in [-0.39, 0.29) is 23.8 Å². The Hall–Kier alpha value is -3.65. The maximum Gasteiger partial charge on any atom is 0.409 e.